The maximum atomic E-state index is 9.77. The van der Waals surface area contributed by atoms with Gasteiger partial charge in [-0.05, 0) is 52.5 Å². The highest BCUT2D eigenvalue weighted by Crippen LogP contribution is 2.40. The molecule has 0 aromatic heterocycles. The lowest BCUT2D eigenvalue weighted by Crippen LogP contribution is -2.60. The van der Waals surface area contributed by atoms with Crippen LogP contribution in [0.2, 0.25) is 0 Å². The summed E-state index contributed by atoms with van der Waals surface area (Å²) >= 11 is 0. The van der Waals surface area contributed by atoms with Gasteiger partial charge in [-0.3, -0.25) is 10.2 Å². The lowest BCUT2D eigenvalue weighted by Gasteiger charge is -2.44. The summed E-state index contributed by atoms with van der Waals surface area (Å²) in [5.41, 5.74) is -0.476. The molecule has 1 heterocycles. The van der Waals surface area contributed by atoms with Crippen LogP contribution < -0.4 is 5.32 Å². The van der Waals surface area contributed by atoms with Crippen LogP contribution in [0.15, 0.2) is 0 Å². The van der Waals surface area contributed by atoms with Crippen molar-refractivity contribution < 1.29 is 4.74 Å². The van der Waals surface area contributed by atoms with E-state index in [0.717, 1.165) is 32.6 Å². The van der Waals surface area contributed by atoms with E-state index < -0.39 is 0 Å². The van der Waals surface area contributed by atoms with E-state index in [1.165, 1.54) is 12.8 Å². The molecule has 2 fully saturated rings. The minimum atomic E-state index is -0.358. The fourth-order valence-electron chi connectivity index (χ4n) is 3.48. The molecule has 1 saturated carbocycles. The maximum Gasteiger partial charge on any atom is 0.122 e. The van der Waals surface area contributed by atoms with E-state index in [-0.39, 0.29) is 17.2 Å². The standard InChI is InChI=1S/C16H29N3O/c1-5-8-18-16(10-17,14-6-7-14)12-19-9-13(2)20-15(3,4)11-19/h13-14,18H,5-9,11-12H2,1-4H3. The summed E-state index contributed by atoms with van der Waals surface area (Å²) in [6.45, 7) is 12.1. The highest BCUT2D eigenvalue weighted by atomic mass is 16.5. The molecule has 4 nitrogen and oxygen atoms in total. The van der Waals surface area contributed by atoms with Crippen LogP contribution in [0, 0.1) is 17.2 Å². The zero-order valence-electron chi connectivity index (χ0n) is 13.4. The summed E-state index contributed by atoms with van der Waals surface area (Å²) in [5.74, 6) is 0.528. The molecule has 0 bridgehead atoms. The number of ether oxygens (including phenoxy) is 1. The monoisotopic (exact) mass is 279 g/mol. The van der Waals surface area contributed by atoms with Crippen molar-refractivity contribution in [3.8, 4) is 6.07 Å². The van der Waals surface area contributed by atoms with Crippen LogP contribution in [0.25, 0.3) is 0 Å². The Morgan fingerprint density at radius 2 is 2.15 bits per heavy atom. The van der Waals surface area contributed by atoms with E-state index in [1.807, 2.05) is 0 Å². The zero-order chi connectivity index (χ0) is 14.8. The first kappa shape index (κ1) is 15.8. The van der Waals surface area contributed by atoms with Gasteiger partial charge in [0.1, 0.15) is 5.54 Å². The average molecular weight is 279 g/mol. The number of hydrogen-bond donors (Lipinski definition) is 1. The summed E-state index contributed by atoms with van der Waals surface area (Å²) in [7, 11) is 0. The molecule has 1 saturated heterocycles. The summed E-state index contributed by atoms with van der Waals surface area (Å²) in [5, 5.41) is 13.3. The molecule has 0 radical (unpaired) electrons. The van der Waals surface area contributed by atoms with E-state index in [2.05, 4.69) is 44.0 Å². The van der Waals surface area contributed by atoms with Crippen LogP contribution in [0.1, 0.15) is 47.0 Å². The van der Waals surface area contributed by atoms with Gasteiger partial charge in [-0.2, -0.15) is 5.26 Å². The largest absolute Gasteiger partial charge is 0.370 e. The second kappa shape index (κ2) is 6.01. The Morgan fingerprint density at radius 1 is 1.45 bits per heavy atom. The van der Waals surface area contributed by atoms with Gasteiger partial charge < -0.3 is 4.74 Å². The van der Waals surface area contributed by atoms with E-state index in [1.54, 1.807) is 0 Å². The molecule has 0 aromatic rings. The zero-order valence-corrected chi connectivity index (χ0v) is 13.4. The Labute approximate surface area is 123 Å². The third-order valence-electron chi connectivity index (χ3n) is 4.28. The molecule has 2 unspecified atom stereocenters. The number of rotatable bonds is 6. The van der Waals surface area contributed by atoms with Gasteiger partial charge in [-0.15, -0.1) is 0 Å². The van der Waals surface area contributed by atoms with E-state index in [0.29, 0.717) is 5.92 Å². The minimum absolute atomic E-state index is 0.118. The van der Waals surface area contributed by atoms with Crippen molar-refractivity contribution in [1.82, 2.24) is 10.2 Å². The topological polar surface area (TPSA) is 48.3 Å². The van der Waals surface area contributed by atoms with E-state index in [9.17, 15) is 5.26 Å². The molecule has 2 rings (SSSR count). The van der Waals surface area contributed by atoms with Crippen molar-refractivity contribution in [2.45, 2.75) is 64.2 Å². The summed E-state index contributed by atoms with van der Waals surface area (Å²) < 4.78 is 5.96. The molecular weight excluding hydrogens is 250 g/mol. The van der Waals surface area contributed by atoms with Crippen molar-refractivity contribution in [3.63, 3.8) is 0 Å². The third-order valence-corrected chi connectivity index (χ3v) is 4.28. The minimum Gasteiger partial charge on any atom is -0.370 e. The van der Waals surface area contributed by atoms with Gasteiger partial charge in [-0.25, -0.2) is 0 Å². The maximum absolute atomic E-state index is 9.77. The Kier molecular flexibility index (Phi) is 4.73. The Hall–Kier alpha value is -0.630. The summed E-state index contributed by atoms with van der Waals surface area (Å²) in [6.07, 6.45) is 3.68. The predicted octanol–water partition coefficient (Wildman–Crippen LogP) is 2.16. The van der Waals surface area contributed by atoms with Crippen molar-refractivity contribution in [2.75, 3.05) is 26.2 Å². The van der Waals surface area contributed by atoms with Gasteiger partial charge in [0.05, 0.1) is 17.8 Å². The van der Waals surface area contributed by atoms with Gasteiger partial charge in [0.2, 0.25) is 0 Å². The van der Waals surface area contributed by atoms with Crippen molar-refractivity contribution in [1.29, 1.82) is 5.26 Å². The SMILES string of the molecule is CCCNC(C#N)(CN1CC(C)OC(C)(C)C1)C1CC1. The highest BCUT2D eigenvalue weighted by Gasteiger charge is 2.47. The summed E-state index contributed by atoms with van der Waals surface area (Å²) in [4.78, 5) is 2.42. The van der Waals surface area contributed by atoms with E-state index >= 15 is 0 Å². The number of nitrogens with zero attached hydrogens (tertiary/aromatic N) is 2. The van der Waals surface area contributed by atoms with Crippen LogP contribution in [-0.2, 0) is 4.74 Å². The lowest BCUT2D eigenvalue weighted by atomic mass is 9.92. The first-order chi connectivity index (χ1) is 9.41. The molecule has 4 heteroatoms. The molecule has 1 aliphatic heterocycles. The Balaban J connectivity index is 2.05. The van der Waals surface area contributed by atoms with Gasteiger partial charge in [0.15, 0.2) is 0 Å². The molecule has 20 heavy (non-hydrogen) atoms. The quantitative estimate of drug-likeness (QED) is 0.809. The second-order valence-electron chi connectivity index (χ2n) is 7.14. The smallest absolute Gasteiger partial charge is 0.122 e. The fraction of sp³-hybridized carbons (Fsp3) is 0.938. The van der Waals surface area contributed by atoms with Crippen LogP contribution in [0.4, 0.5) is 0 Å². The number of nitriles is 1. The molecular formula is C16H29N3O. The summed E-state index contributed by atoms with van der Waals surface area (Å²) in [6, 6.07) is 2.61. The predicted molar refractivity (Wildman–Crippen MR) is 80.4 cm³/mol. The molecule has 1 N–H and O–H groups in total. The second-order valence-corrected chi connectivity index (χ2v) is 7.14. The average Bonchev–Trinajstić information content (AvgIpc) is 3.16. The molecule has 0 amide bonds. The molecule has 0 aromatic carbocycles. The third kappa shape index (κ3) is 3.72. The molecule has 1 aliphatic carbocycles. The van der Waals surface area contributed by atoms with Gasteiger partial charge in [0.25, 0.3) is 0 Å². The van der Waals surface area contributed by atoms with Crippen molar-refractivity contribution in [2.24, 2.45) is 5.92 Å². The van der Waals surface area contributed by atoms with Crippen LogP contribution in [0.5, 0.6) is 0 Å². The molecule has 0 spiro atoms. The Bertz CT molecular complexity index is 372. The lowest BCUT2D eigenvalue weighted by molar-refractivity contribution is -0.131. The highest BCUT2D eigenvalue weighted by molar-refractivity contribution is 5.17. The van der Waals surface area contributed by atoms with Crippen molar-refractivity contribution >= 4 is 0 Å². The van der Waals surface area contributed by atoms with Crippen LogP contribution in [-0.4, -0.2) is 48.3 Å². The fourth-order valence-corrected chi connectivity index (χ4v) is 3.48. The number of nitrogens with one attached hydrogen (secondary N) is 1. The first-order valence-corrected chi connectivity index (χ1v) is 7.97. The van der Waals surface area contributed by atoms with Crippen LogP contribution >= 0.6 is 0 Å². The van der Waals surface area contributed by atoms with Gasteiger partial charge in [-0.1, -0.05) is 6.92 Å². The van der Waals surface area contributed by atoms with Crippen molar-refractivity contribution in [3.05, 3.63) is 0 Å². The normalized spacial score (nSPS) is 29.6. The Morgan fingerprint density at radius 3 is 2.65 bits per heavy atom. The number of hydrogen-bond acceptors (Lipinski definition) is 4. The first-order valence-electron chi connectivity index (χ1n) is 7.97. The molecule has 2 atom stereocenters. The van der Waals surface area contributed by atoms with Gasteiger partial charge >= 0.3 is 0 Å². The van der Waals surface area contributed by atoms with Gasteiger partial charge in [0, 0.05) is 19.6 Å². The molecule has 114 valence electrons. The van der Waals surface area contributed by atoms with Crippen LogP contribution in [0.3, 0.4) is 0 Å². The number of morpholine rings is 1. The van der Waals surface area contributed by atoms with E-state index in [4.69, 9.17) is 4.74 Å². The molecule has 2 aliphatic rings.